The van der Waals surface area contributed by atoms with Gasteiger partial charge in [0, 0.05) is 23.2 Å². The molecule has 5 nitrogen and oxygen atoms in total. The lowest BCUT2D eigenvalue weighted by Gasteiger charge is -2.13. The van der Waals surface area contributed by atoms with Crippen molar-refractivity contribution in [2.24, 2.45) is 0 Å². The normalized spacial score (nSPS) is 10.6. The Labute approximate surface area is 164 Å². The first kappa shape index (κ1) is 17.8. The lowest BCUT2D eigenvalue weighted by molar-refractivity contribution is 0.410. The molecule has 0 saturated heterocycles. The van der Waals surface area contributed by atoms with Crippen LogP contribution in [0, 0.1) is 6.92 Å². The van der Waals surface area contributed by atoms with E-state index in [-0.39, 0.29) is 0 Å². The highest BCUT2D eigenvalue weighted by atomic mass is 16.5. The maximum atomic E-state index is 5.45. The number of methoxy groups -OCH3 is 1. The third kappa shape index (κ3) is 3.88. The minimum atomic E-state index is 0.562. The number of hydrogen-bond acceptors (Lipinski definition) is 5. The fourth-order valence-electron chi connectivity index (χ4n) is 3.15. The van der Waals surface area contributed by atoms with Gasteiger partial charge in [0.1, 0.15) is 11.6 Å². The first-order valence-electron chi connectivity index (χ1n) is 9.19. The summed E-state index contributed by atoms with van der Waals surface area (Å²) in [6.45, 7) is 2.67. The van der Waals surface area contributed by atoms with E-state index in [1.807, 2.05) is 60.7 Å². The summed E-state index contributed by atoms with van der Waals surface area (Å²) in [4.78, 5) is 9.38. The molecule has 0 saturated carbocycles. The molecule has 0 unspecified atom stereocenters. The molecule has 0 aliphatic carbocycles. The third-order valence-electron chi connectivity index (χ3n) is 4.52. The van der Waals surface area contributed by atoms with Gasteiger partial charge in [-0.1, -0.05) is 42.5 Å². The van der Waals surface area contributed by atoms with E-state index in [0.717, 1.165) is 33.7 Å². The number of aryl methyl sites for hydroxylation is 1. The fourth-order valence-corrected chi connectivity index (χ4v) is 3.15. The number of ether oxygens (including phenoxy) is 1. The molecule has 0 aliphatic rings. The molecule has 3 aromatic carbocycles. The molecule has 0 radical (unpaired) electrons. The van der Waals surface area contributed by atoms with Crippen LogP contribution in [0.1, 0.15) is 11.1 Å². The van der Waals surface area contributed by atoms with Crippen molar-refractivity contribution >= 4 is 28.4 Å². The quantitative estimate of drug-likeness (QED) is 0.482. The molecule has 0 aliphatic heterocycles. The number of anilines is 3. The highest BCUT2D eigenvalue weighted by Gasteiger charge is 2.09. The summed E-state index contributed by atoms with van der Waals surface area (Å²) in [5.41, 5.74) is 4.10. The first-order valence-corrected chi connectivity index (χ1v) is 9.19. The molecule has 28 heavy (non-hydrogen) atoms. The summed E-state index contributed by atoms with van der Waals surface area (Å²) in [6, 6.07) is 24.1. The topological polar surface area (TPSA) is 59.1 Å². The zero-order valence-corrected chi connectivity index (χ0v) is 15.9. The van der Waals surface area contributed by atoms with Crippen molar-refractivity contribution in [1.82, 2.24) is 9.97 Å². The van der Waals surface area contributed by atoms with E-state index in [9.17, 15) is 0 Å². The summed E-state index contributed by atoms with van der Waals surface area (Å²) < 4.78 is 5.45. The lowest BCUT2D eigenvalue weighted by Crippen LogP contribution is -2.06. The molecule has 5 heteroatoms. The van der Waals surface area contributed by atoms with E-state index < -0.39 is 0 Å². The van der Waals surface area contributed by atoms with Gasteiger partial charge in [0.15, 0.2) is 0 Å². The molecular weight excluding hydrogens is 348 g/mol. The van der Waals surface area contributed by atoms with Gasteiger partial charge in [-0.05, 0) is 42.8 Å². The number of hydrogen-bond donors (Lipinski definition) is 2. The molecule has 0 atom stereocenters. The van der Waals surface area contributed by atoms with Crippen molar-refractivity contribution in [3.05, 3.63) is 83.9 Å². The summed E-state index contributed by atoms with van der Waals surface area (Å²) in [6.07, 6.45) is 0. The number of rotatable bonds is 6. The molecular formula is C23H22N4O. The van der Waals surface area contributed by atoms with Crippen LogP contribution >= 0.6 is 0 Å². The Morgan fingerprint density at radius 1 is 0.893 bits per heavy atom. The predicted molar refractivity (Wildman–Crippen MR) is 114 cm³/mol. The number of aromatic nitrogens is 2. The molecule has 0 bridgehead atoms. The van der Waals surface area contributed by atoms with Crippen LogP contribution < -0.4 is 15.4 Å². The zero-order chi connectivity index (χ0) is 19.3. The third-order valence-corrected chi connectivity index (χ3v) is 4.52. The van der Waals surface area contributed by atoms with Crippen LogP contribution in [0.4, 0.5) is 17.5 Å². The van der Waals surface area contributed by atoms with Crippen LogP contribution in [-0.4, -0.2) is 17.1 Å². The smallest absolute Gasteiger partial charge is 0.229 e. The zero-order valence-electron chi connectivity index (χ0n) is 15.9. The SMILES string of the molecule is COc1ccccc1CNc1nc(Nc2cccc(C)c2)nc2ccccc12. The monoisotopic (exact) mass is 370 g/mol. The van der Waals surface area contributed by atoms with Gasteiger partial charge in [-0.2, -0.15) is 4.98 Å². The minimum absolute atomic E-state index is 0.562. The summed E-state index contributed by atoms with van der Waals surface area (Å²) >= 11 is 0. The van der Waals surface area contributed by atoms with E-state index in [1.165, 1.54) is 5.56 Å². The van der Waals surface area contributed by atoms with Crippen LogP contribution in [0.25, 0.3) is 10.9 Å². The van der Waals surface area contributed by atoms with Crippen molar-refractivity contribution < 1.29 is 4.74 Å². The Hall–Kier alpha value is -3.60. The number of para-hydroxylation sites is 2. The standard InChI is InChI=1S/C23H22N4O/c1-16-8-7-10-18(14-16)25-23-26-20-12-5-4-11-19(20)22(27-23)24-15-17-9-3-6-13-21(17)28-2/h3-14H,15H2,1-2H3,(H2,24,25,26,27). The van der Waals surface area contributed by atoms with E-state index >= 15 is 0 Å². The molecule has 140 valence electrons. The van der Waals surface area contributed by atoms with E-state index in [4.69, 9.17) is 9.72 Å². The van der Waals surface area contributed by atoms with Gasteiger partial charge in [-0.25, -0.2) is 4.98 Å². The average molecular weight is 370 g/mol. The molecule has 0 spiro atoms. The van der Waals surface area contributed by atoms with Gasteiger partial charge in [-0.15, -0.1) is 0 Å². The summed E-state index contributed by atoms with van der Waals surface area (Å²) in [5, 5.41) is 7.74. The van der Waals surface area contributed by atoms with E-state index in [2.05, 4.69) is 34.7 Å². The maximum absolute atomic E-state index is 5.45. The highest BCUT2D eigenvalue weighted by molar-refractivity contribution is 5.90. The number of nitrogens with zero attached hydrogens (tertiary/aromatic N) is 2. The Kier molecular flexibility index (Phi) is 5.06. The predicted octanol–water partition coefficient (Wildman–Crippen LogP) is 5.30. The van der Waals surface area contributed by atoms with Crippen LogP contribution in [0.5, 0.6) is 5.75 Å². The van der Waals surface area contributed by atoms with Gasteiger partial charge in [-0.3, -0.25) is 0 Å². The molecule has 2 N–H and O–H groups in total. The van der Waals surface area contributed by atoms with Crippen molar-refractivity contribution in [3.63, 3.8) is 0 Å². The van der Waals surface area contributed by atoms with Gasteiger partial charge in [0.2, 0.25) is 5.95 Å². The largest absolute Gasteiger partial charge is 0.496 e. The van der Waals surface area contributed by atoms with Crippen LogP contribution in [-0.2, 0) is 6.54 Å². The van der Waals surface area contributed by atoms with Crippen molar-refractivity contribution in [1.29, 1.82) is 0 Å². The second-order valence-corrected chi connectivity index (χ2v) is 6.57. The van der Waals surface area contributed by atoms with Gasteiger partial charge < -0.3 is 15.4 Å². The molecule has 1 aromatic heterocycles. The average Bonchev–Trinajstić information content (AvgIpc) is 2.72. The minimum Gasteiger partial charge on any atom is -0.496 e. The van der Waals surface area contributed by atoms with Gasteiger partial charge >= 0.3 is 0 Å². The van der Waals surface area contributed by atoms with E-state index in [0.29, 0.717) is 12.5 Å². The van der Waals surface area contributed by atoms with Crippen LogP contribution in [0.15, 0.2) is 72.8 Å². The molecule has 0 fully saturated rings. The van der Waals surface area contributed by atoms with E-state index in [1.54, 1.807) is 7.11 Å². The maximum Gasteiger partial charge on any atom is 0.229 e. The highest BCUT2D eigenvalue weighted by Crippen LogP contribution is 2.25. The summed E-state index contributed by atoms with van der Waals surface area (Å²) in [5.74, 6) is 2.20. The number of fused-ring (bicyclic) bond motifs is 1. The first-order chi connectivity index (χ1) is 13.7. The fraction of sp³-hybridized carbons (Fsp3) is 0.130. The molecule has 0 amide bonds. The Bertz CT molecular complexity index is 1110. The summed E-state index contributed by atoms with van der Waals surface area (Å²) in [7, 11) is 1.68. The Morgan fingerprint density at radius 2 is 1.71 bits per heavy atom. The van der Waals surface area contributed by atoms with Crippen molar-refractivity contribution in [2.45, 2.75) is 13.5 Å². The number of benzene rings is 3. The Balaban J connectivity index is 1.66. The van der Waals surface area contributed by atoms with Crippen molar-refractivity contribution in [2.75, 3.05) is 17.7 Å². The number of nitrogens with one attached hydrogen (secondary N) is 2. The molecule has 1 heterocycles. The Morgan fingerprint density at radius 3 is 2.57 bits per heavy atom. The van der Waals surface area contributed by atoms with Gasteiger partial charge in [0.05, 0.1) is 12.6 Å². The molecule has 4 rings (SSSR count). The van der Waals surface area contributed by atoms with Gasteiger partial charge in [0.25, 0.3) is 0 Å². The second kappa shape index (κ2) is 7.96. The van der Waals surface area contributed by atoms with Crippen LogP contribution in [0.2, 0.25) is 0 Å². The lowest BCUT2D eigenvalue weighted by atomic mass is 10.2. The molecule has 4 aromatic rings. The van der Waals surface area contributed by atoms with Crippen LogP contribution in [0.3, 0.4) is 0 Å². The second-order valence-electron chi connectivity index (χ2n) is 6.57. The van der Waals surface area contributed by atoms with Crippen molar-refractivity contribution in [3.8, 4) is 5.75 Å².